The molecule has 100 valence electrons. The van der Waals surface area contributed by atoms with Gasteiger partial charge in [0.15, 0.2) is 0 Å². The van der Waals surface area contributed by atoms with Crippen molar-refractivity contribution in [1.82, 2.24) is 0 Å². The van der Waals surface area contributed by atoms with E-state index in [-0.39, 0.29) is 12.6 Å². The van der Waals surface area contributed by atoms with E-state index in [1.54, 1.807) is 0 Å². The van der Waals surface area contributed by atoms with Gasteiger partial charge in [-0.05, 0) is 64.3 Å². The van der Waals surface area contributed by atoms with Crippen molar-refractivity contribution in [3.8, 4) is 0 Å². The number of allylic oxidation sites excluding steroid dienone is 1. The van der Waals surface area contributed by atoms with Crippen LogP contribution in [0.2, 0.25) is 0 Å². The monoisotopic (exact) mass is 247 g/mol. The van der Waals surface area contributed by atoms with Gasteiger partial charge in [-0.2, -0.15) is 0 Å². The van der Waals surface area contributed by atoms with E-state index in [1.807, 2.05) is 6.92 Å². The minimum atomic E-state index is 0.0840. The number of hydrogen-bond acceptors (Lipinski definition) is 2. The maximum atomic E-state index is 9.42. The Morgan fingerprint density at radius 2 is 1.83 bits per heavy atom. The Kier molecular flexibility index (Phi) is 4.97. The molecule has 0 heterocycles. The van der Waals surface area contributed by atoms with Crippen molar-refractivity contribution in [3.05, 3.63) is 40.6 Å². The minimum Gasteiger partial charge on any atom is -0.394 e. The molecular weight excluding hydrogens is 222 g/mol. The molecule has 1 atom stereocenters. The molecule has 2 nitrogen and oxygen atoms in total. The Labute approximate surface area is 111 Å². The highest BCUT2D eigenvalue weighted by Crippen LogP contribution is 2.27. The highest BCUT2D eigenvalue weighted by Gasteiger charge is 2.15. The normalized spacial score (nSPS) is 12.2. The Balaban J connectivity index is 3.30. The number of aryl methyl sites for hydroxylation is 1. The molecule has 0 aliphatic heterocycles. The summed E-state index contributed by atoms with van der Waals surface area (Å²) in [6.07, 6.45) is 2.11. The van der Waals surface area contributed by atoms with Gasteiger partial charge in [-0.3, -0.25) is 0 Å². The second kappa shape index (κ2) is 6.05. The van der Waals surface area contributed by atoms with Crippen LogP contribution in [0.25, 0.3) is 0 Å². The maximum Gasteiger partial charge on any atom is 0.0636 e. The van der Waals surface area contributed by atoms with Crippen molar-refractivity contribution in [2.45, 2.75) is 47.6 Å². The topological polar surface area (TPSA) is 23.5 Å². The van der Waals surface area contributed by atoms with E-state index in [9.17, 15) is 5.11 Å². The molecule has 1 unspecified atom stereocenters. The number of hydrogen-bond donors (Lipinski definition) is 1. The molecule has 0 saturated carbocycles. The predicted octanol–water partition coefficient (Wildman–Crippen LogP) is 3.72. The standard InChI is InChI=1S/C16H25NO/c1-11(2)9-17(13(4)10-18)16-8-7-12(3)14(5)15(16)6/h7-9,13,18H,10H2,1-6H3. The Bertz CT molecular complexity index is 445. The Morgan fingerprint density at radius 3 is 2.33 bits per heavy atom. The fourth-order valence-corrected chi connectivity index (χ4v) is 2.02. The van der Waals surface area contributed by atoms with E-state index in [4.69, 9.17) is 0 Å². The lowest BCUT2D eigenvalue weighted by atomic mass is 10.0. The van der Waals surface area contributed by atoms with Crippen molar-refractivity contribution >= 4 is 5.69 Å². The molecule has 0 fully saturated rings. The molecule has 0 amide bonds. The van der Waals surface area contributed by atoms with Gasteiger partial charge < -0.3 is 10.0 Å². The first kappa shape index (κ1) is 14.8. The number of aliphatic hydroxyl groups is 1. The fourth-order valence-electron chi connectivity index (χ4n) is 2.02. The summed E-state index contributed by atoms with van der Waals surface area (Å²) in [6, 6.07) is 4.37. The smallest absolute Gasteiger partial charge is 0.0636 e. The van der Waals surface area contributed by atoms with Gasteiger partial charge in [0.05, 0.1) is 12.6 Å². The molecule has 0 bridgehead atoms. The van der Waals surface area contributed by atoms with Gasteiger partial charge in [0.25, 0.3) is 0 Å². The van der Waals surface area contributed by atoms with Gasteiger partial charge in [0.1, 0.15) is 0 Å². The van der Waals surface area contributed by atoms with Crippen molar-refractivity contribution in [2.75, 3.05) is 11.5 Å². The summed E-state index contributed by atoms with van der Waals surface area (Å²) >= 11 is 0. The quantitative estimate of drug-likeness (QED) is 0.876. The highest BCUT2D eigenvalue weighted by atomic mass is 16.3. The van der Waals surface area contributed by atoms with Crippen molar-refractivity contribution in [2.24, 2.45) is 0 Å². The van der Waals surface area contributed by atoms with Crippen LogP contribution in [0.15, 0.2) is 23.9 Å². The van der Waals surface area contributed by atoms with Crippen LogP contribution in [0.4, 0.5) is 5.69 Å². The lowest BCUT2D eigenvalue weighted by molar-refractivity contribution is 0.272. The summed E-state index contributed by atoms with van der Waals surface area (Å²) in [4.78, 5) is 2.16. The van der Waals surface area contributed by atoms with Crippen LogP contribution in [-0.2, 0) is 0 Å². The molecule has 0 saturated heterocycles. The van der Waals surface area contributed by atoms with Crippen LogP contribution in [0, 0.1) is 20.8 Å². The van der Waals surface area contributed by atoms with Gasteiger partial charge in [0.2, 0.25) is 0 Å². The largest absolute Gasteiger partial charge is 0.394 e. The van der Waals surface area contributed by atoms with Crippen molar-refractivity contribution in [1.29, 1.82) is 0 Å². The average Bonchev–Trinajstić information content (AvgIpc) is 2.33. The second-order valence-electron chi connectivity index (χ2n) is 5.30. The SMILES string of the molecule is CC(C)=CN(c1ccc(C)c(C)c1C)C(C)CO. The molecular formula is C16H25NO. The third-order valence-electron chi connectivity index (χ3n) is 3.44. The zero-order chi connectivity index (χ0) is 13.9. The lowest BCUT2D eigenvalue weighted by Crippen LogP contribution is -2.32. The number of rotatable bonds is 4. The van der Waals surface area contributed by atoms with Gasteiger partial charge in [-0.1, -0.05) is 11.6 Å². The van der Waals surface area contributed by atoms with Gasteiger partial charge in [-0.15, -0.1) is 0 Å². The molecule has 1 aromatic rings. The van der Waals surface area contributed by atoms with E-state index < -0.39 is 0 Å². The van der Waals surface area contributed by atoms with Crippen LogP contribution in [0.1, 0.15) is 37.5 Å². The summed E-state index contributed by atoms with van der Waals surface area (Å²) in [7, 11) is 0. The molecule has 18 heavy (non-hydrogen) atoms. The predicted molar refractivity (Wildman–Crippen MR) is 79.1 cm³/mol. The van der Waals surface area contributed by atoms with Gasteiger partial charge in [-0.25, -0.2) is 0 Å². The van der Waals surface area contributed by atoms with E-state index in [0.29, 0.717) is 0 Å². The van der Waals surface area contributed by atoms with E-state index >= 15 is 0 Å². The van der Waals surface area contributed by atoms with Crippen LogP contribution in [0.3, 0.4) is 0 Å². The van der Waals surface area contributed by atoms with Crippen molar-refractivity contribution in [3.63, 3.8) is 0 Å². The fraction of sp³-hybridized carbons (Fsp3) is 0.500. The van der Waals surface area contributed by atoms with Crippen LogP contribution in [-0.4, -0.2) is 17.8 Å². The summed E-state index contributed by atoms with van der Waals surface area (Å²) in [6.45, 7) is 12.8. The summed E-state index contributed by atoms with van der Waals surface area (Å²) in [5.41, 5.74) is 6.33. The molecule has 1 aromatic carbocycles. The zero-order valence-corrected chi connectivity index (χ0v) is 12.4. The zero-order valence-electron chi connectivity index (χ0n) is 12.4. The summed E-state index contributed by atoms with van der Waals surface area (Å²) in [5, 5.41) is 9.42. The lowest BCUT2D eigenvalue weighted by Gasteiger charge is -2.29. The van der Waals surface area contributed by atoms with Crippen LogP contribution in [0.5, 0.6) is 0 Å². The minimum absolute atomic E-state index is 0.0840. The molecule has 2 heteroatoms. The third kappa shape index (κ3) is 3.14. The van der Waals surface area contributed by atoms with Crippen molar-refractivity contribution < 1.29 is 5.11 Å². The molecule has 1 N–H and O–H groups in total. The highest BCUT2D eigenvalue weighted by molar-refractivity contribution is 5.60. The first-order valence-electron chi connectivity index (χ1n) is 6.49. The van der Waals surface area contributed by atoms with E-state index in [1.165, 1.54) is 28.0 Å². The number of aliphatic hydroxyl groups excluding tert-OH is 1. The summed E-state index contributed by atoms with van der Waals surface area (Å²) < 4.78 is 0. The molecule has 0 radical (unpaired) electrons. The molecule has 1 rings (SSSR count). The molecule has 0 spiro atoms. The number of nitrogens with zero attached hydrogens (tertiary/aromatic N) is 1. The van der Waals surface area contributed by atoms with E-state index in [0.717, 1.165) is 0 Å². The maximum absolute atomic E-state index is 9.42. The average molecular weight is 247 g/mol. The first-order chi connectivity index (χ1) is 8.38. The third-order valence-corrected chi connectivity index (χ3v) is 3.44. The Morgan fingerprint density at radius 1 is 1.22 bits per heavy atom. The molecule has 0 aliphatic carbocycles. The van der Waals surface area contributed by atoms with Crippen LogP contribution >= 0.6 is 0 Å². The molecule has 0 aliphatic rings. The van der Waals surface area contributed by atoms with E-state index in [2.05, 4.69) is 57.9 Å². The first-order valence-corrected chi connectivity index (χ1v) is 6.49. The second-order valence-corrected chi connectivity index (χ2v) is 5.30. The van der Waals surface area contributed by atoms with Gasteiger partial charge >= 0.3 is 0 Å². The Hall–Kier alpha value is -1.28. The summed E-state index contributed by atoms with van der Waals surface area (Å²) in [5.74, 6) is 0. The van der Waals surface area contributed by atoms with Crippen LogP contribution < -0.4 is 4.90 Å². The van der Waals surface area contributed by atoms with Gasteiger partial charge in [0, 0.05) is 11.9 Å². The molecule has 0 aromatic heterocycles. The number of benzene rings is 1. The number of anilines is 1.